The van der Waals surface area contributed by atoms with Crippen LogP contribution in [-0.2, 0) is 4.79 Å². The molecule has 1 aliphatic rings. The number of likely N-dealkylation sites (tertiary alicyclic amines) is 1. The number of nitrogens with zero attached hydrogens (tertiary/aromatic N) is 2. The number of hydrogen-bond acceptors (Lipinski definition) is 2. The van der Waals surface area contributed by atoms with E-state index in [1.54, 1.807) is 4.90 Å². The zero-order chi connectivity index (χ0) is 10.1. The summed E-state index contributed by atoms with van der Waals surface area (Å²) >= 11 is 0. The quantitative estimate of drug-likeness (QED) is 0.567. The Morgan fingerprint density at radius 1 is 1.62 bits per heavy atom. The average molecular weight is 180 g/mol. The topological polar surface area (TPSA) is 44.1 Å². The molecule has 72 valence electrons. The van der Waals surface area contributed by atoms with Gasteiger partial charge in [-0.05, 0) is 18.3 Å². The van der Waals surface area contributed by atoms with Gasteiger partial charge in [-0.3, -0.25) is 4.79 Å². The third kappa shape index (κ3) is 1.82. The van der Waals surface area contributed by atoms with Crippen LogP contribution in [0.15, 0.2) is 0 Å². The van der Waals surface area contributed by atoms with Crippen molar-refractivity contribution in [3.05, 3.63) is 0 Å². The summed E-state index contributed by atoms with van der Waals surface area (Å²) in [4.78, 5) is 12.9. The van der Waals surface area contributed by atoms with Crippen LogP contribution >= 0.6 is 0 Å². The number of piperidine rings is 1. The number of amides is 1. The highest BCUT2D eigenvalue weighted by Crippen LogP contribution is 2.34. The van der Waals surface area contributed by atoms with Crippen molar-refractivity contribution in [3.63, 3.8) is 0 Å². The number of carbonyl (C=O) groups excluding carboxylic acids is 1. The highest BCUT2D eigenvalue weighted by molar-refractivity contribution is 5.74. The number of carbonyl (C=O) groups is 1. The Labute approximate surface area is 79.3 Å². The second kappa shape index (κ2) is 3.37. The molecule has 1 fully saturated rings. The minimum Gasteiger partial charge on any atom is -0.326 e. The Kier molecular flexibility index (Phi) is 2.60. The molecule has 0 aromatic carbocycles. The predicted molar refractivity (Wildman–Crippen MR) is 49.8 cm³/mol. The molecule has 1 rings (SSSR count). The second-order valence-electron chi connectivity index (χ2n) is 4.34. The van der Waals surface area contributed by atoms with E-state index in [9.17, 15) is 4.79 Å². The smallest absolute Gasteiger partial charge is 0.220 e. The van der Waals surface area contributed by atoms with Crippen molar-refractivity contribution < 1.29 is 4.79 Å². The Bertz CT molecular complexity index is 252. The molecule has 0 radical (unpaired) electrons. The molecule has 0 bridgehead atoms. The van der Waals surface area contributed by atoms with Crippen LogP contribution in [0.2, 0.25) is 0 Å². The van der Waals surface area contributed by atoms with Gasteiger partial charge in [0.25, 0.3) is 0 Å². The zero-order valence-corrected chi connectivity index (χ0v) is 8.50. The van der Waals surface area contributed by atoms with E-state index in [1.807, 2.05) is 0 Å². The highest BCUT2D eigenvalue weighted by atomic mass is 16.2. The van der Waals surface area contributed by atoms with Gasteiger partial charge in [-0.15, -0.1) is 0 Å². The molecule has 0 saturated carbocycles. The third-order valence-corrected chi connectivity index (χ3v) is 2.80. The van der Waals surface area contributed by atoms with Crippen molar-refractivity contribution in [1.29, 1.82) is 5.26 Å². The van der Waals surface area contributed by atoms with E-state index in [0.717, 1.165) is 19.4 Å². The number of rotatable bonds is 0. The molecule has 1 heterocycles. The van der Waals surface area contributed by atoms with Crippen LogP contribution in [0.1, 0.15) is 33.6 Å². The Morgan fingerprint density at radius 2 is 2.23 bits per heavy atom. The van der Waals surface area contributed by atoms with E-state index in [1.165, 1.54) is 6.92 Å². The van der Waals surface area contributed by atoms with Crippen LogP contribution in [-0.4, -0.2) is 23.4 Å². The van der Waals surface area contributed by atoms with E-state index in [-0.39, 0.29) is 17.4 Å². The summed E-state index contributed by atoms with van der Waals surface area (Å²) in [6.07, 6.45) is 2.03. The molecule has 0 aliphatic carbocycles. The van der Waals surface area contributed by atoms with Crippen molar-refractivity contribution in [2.45, 2.75) is 39.7 Å². The van der Waals surface area contributed by atoms with Gasteiger partial charge in [0.2, 0.25) is 5.91 Å². The lowest BCUT2D eigenvalue weighted by Gasteiger charge is -2.42. The average Bonchev–Trinajstić information content (AvgIpc) is 2.02. The van der Waals surface area contributed by atoms with E-state index < -0.39 is 0 Å². The van der Waals surface area contributed by atoms with Crippen molar-refractivity contribution in [1.82, 2.24) is 4.90 Å². The molecule has 0 aromatic rings. The Balaban J connectivity index is 2.88. The molecule has 1 atom stereocenters. The molecule has 13 heavy (non-hydrogen) atoms. The fraction of sp³-hybridized carbons (Fsp3) is 0.800. The molecule has 3 nitrogen and oxygen atoms in total. The van der Waals surface area contributed by atoms with E-state index in [2.05, 4.69) is 19.9 Å². The summed E-state index contributed by atoms with van der Waals surface area (Å²) in [5, 5.41) is 9.00. The summed E-state index contributed by atoms with van der Waals surface area (Å²) in [7, 11) is 0. The standard InChI is InChI=1S/C10H16N2O/c1-8(13)12-6-4-5-10(2,3)9(12)7-11/h9H,4-6H2,1-3H3. The predicted octanol–water partition coefficient (Wildman–Crippen LogP) is 1.55. The third-order valence-electron chi connectivity index (χ3n) is 2.80. The van der Waals surface area contributed by atoms with Gasteiger partial charge in [0.05, 0.1) is 6.07 Å². The molecule has 0 spiro atoms. The van der Waals surface area contributed by atoms with Crippen LogP contribution in [0.25, 0.3) is 0 Å². The lowest BCUT2D eigenvalue weighted by atomic mass is 9.77. The highest BCUT2D eigenvalue weighted by Gasteiger charge is 2.38. The molecular weight excluding hydrogens is 164 g/mol. The molecule has 1 amide bonds. The lowest BCUT2D eigenvalue weighted by molar-refractivity contribution is -0.134. The fourth-order valence-electron chi connectivity index (χ4n) is 1.98. The molecule has 1 saturated heterocycles. The largest absolute Gasteiger partial charge is 0.326 e. The van der Waals surface area contributed by atoms with Crippen molar-refractivity contribution in [3.8, 4) is 6.07 Å². The molecule has 0 N–H and O–H groups in total. The van der Waals surface area contributed by atoms with Crippen LogP contribution in [0.4, 0.5) is 0 Å². The van der Waals surface area contributed by atoms with Crippen LogP contribution < -0.4 is 0 Å². The first-order valence-corrected chi connectivity index (χ1v) is 4.66. The Hall–Kier alpha value is -1.04. The number of nitriles is 1. The summed E-state index contributed by atoms with van der Waals surface area (Å²) < 4.78 is 0. The van der Waals surface area contributed by atoms with Crippen LogP contribution in [0.5, 0.6) is 0 Å². The van der Waals surface area contributed by atoms with Gasteiger partial charge in [-0.25, -0.2) is 0 Å². The maximum atomic E-state index is 11.2. The minimum atomic E-state index is -0.251. The van der Waals surface area contributed by atoms with Crippen molar-refractivity contribution in [2.75, 3.05) is 6.54 Å². The SMILES string of the molecule is CC(=O)N1CCCC(C)(C)C1C#N. The maximum Gasteiger partial charge on any atom is 0.220 e. The fourth-order valence-corrected chi connectivity index (χ4v) is 1.98. The summed E-state index contributed by atoms with van der Waals surface area (Å²) in [5.74, 6) is 0.0133. The van der Waals surface area contributed by atoms with E-state index >= 15 is 0 Å². The first-order chi connectivity index (χ1) is 5.99. The van der Waals surface area contributed by atoms with Gasteiger partial charge in [0.15, 0.2) is 0 Å². The normalized spacial score (nSPS) is 26.6. The Morgan fingerprint density at radius 3 is 2.62 bits per heavy atom. The van der Waals surface area contributed by atoms with E-state index in [4.69, 9.17) is 5.26 Å². The van der Waals surface area contributed by atoms with Gasteiger partial charge in [-0.2, -0.15) is 5.26 Å². The van der Waals surface area contributed by atoms with Gasteiger partial charge in [-0.1, -0.05) is 13.8 Å². The monoisotopic (exact) mass is 180 g/mol. The number of hydrogen-bond donors (Lipinski definition) is 0. The first-order valence-electron chi connectivity index (χ1n) is 4.66. The van der Waals surface area contributed by atoms with Crippen LogP contribution in [0, 0.1) is 16.7 Å². The molecule has 0 aromatic heterocycles. The summed E-state index contributed by atoms with van der Waals surface area (Å²) in [5.41, 5.74) is -0.0569. The summed E-state index contributed by atoms with van der Waals surface area (Å²) in [6, 6.07) is 1.98. The molecule has 1 aliphatic heterocycles. The van der Waals surface area contributed by atoms with Gasteiger partial charge >= 0.3 is 0 Å². The van der Waals surface area contributed by atoms with Gasteiger partial charge < -0.3 is 4.90 Å². The zero-order valence-electron chi connectivity index (χ0n) is 8.50. The molecule has 1 unspecified atom stereocenters. The maximum absolute atomic E-state index is 11.2. The lowest BCUT2D eigenvalue weighted by Crippen LogP contribution is -2.50. The second-order valence-corrected chi connectivity index (χ2v) is 4.34. The van der Waals surface area contributed by atoms with Crippen LogP contribution in [0.3, 0.4) is 0 Å². The van der Waals surface area contributed by atoms with Crippen molar-refractivity contribution in [2.24, 2.45) is 5.41 Å². The summed E-state index contributed by atoms with van der Waals surface area (Å²) in [6.45, 7) is 6.37. The minimum absolute atomic E-state index is 0.0133. The van der Waals surface area contributed by atoms with E-state index in [0.29, 0.717) is 0 Å². The van der Waals surface area contributed by atoms with Gasteiger partial charge in [0.1, 0.15) is 6.04 Å². The first kappa shape index (κ1) is 10.0. The van der Waals surface area contributed by atoms with Crippen molar-refractivity contribution >= 4 is 5.91 Å². The van der Waals surface area contributed by atoms with Gasteiger partial charge in [0, 0.05) is 13.5 Å². The molecule has 3 heteroatoms. The molecular formula is C10H16N2O.